The van der Waals surface area contributed by atoms with Gasteiger partial charge in [0, 0.05) is 48.6 Å². The van der Waals surface area contributed by atoms with Gasteiger partial charge in [0.2, 0.25) is 0 Å². The number of benzene rings is 1. The summed E-state index contributed by atoms with van der Waals surface area (Å²) in [6.07, 6.45) is 8.00. The Morgan fingerprint density at radius 1 is 1.17 bits per heavy atom. The highest BCUT2D eigenvalue weighted by Crippen LogP contribution is 2.29. The lowest BCUT2D eigenvalue weighted by Crippen LogP contribution is -2.40. The SMILES string of the molecule is COc1cc(-c2cnn(C)c2)ccc1Cc1ncc2ccnc(NC3COC3)c2n1. The van der Waals surface area contributed by atoms with E-state index in [0.717, 1.165) is 45.0 Å². The van der Waals surface area contributed by atoms with E-state index in [9.17, 15) is 0 Å². The summed E-state index contributed by atoms with van der Waals surface area (Å²) in [7, 11) is 3.59. The Morgan fingerprint density at radius 3 is 2.80 bits per heavy atom. The summed E-state index contributed by atoms with van der Waals surface area (Å²) < 4.78 is 12.7. The standard InChI is InChI=1S/C22H22N6O2/c1-28-11-17(10-25-28)14-3-4-15(19(7-14)29-2)8-20-24-9-16-5-6-23-22(21(16)27-20)26-18-12-30-13-18/h3-7,9-11,18H,8,12-13H2,1-2H3,(H,23,26). The van der Waals surface area contributed by atoms with Gasteiger partial charge >= 0.3 is 0 Å². The average molecular weight is 402 g/mol. The van der Waals surface area contributed by atoms with Gasteiger partial charge in [0.15, 0.2) is 5.82 Å². The summed E-state index contributed by atoms with van der Waals surface area (Å²) in [5.74, 6) is 2.29. The maximum atomic E-state index is 5.65. The van der Waals surface area contributed by atoms with Gasteiger partial charge in [-0.05, 0) is 17.7 Å². The molecular weight excluding hydrogens is 380 g/mol. The van der Waals surface area contributed by atoms with Crippen LogP contribution in [0, 0.1) is 0 Å². The van der Waals surface area contributed by atoms with E-state index in [2.05, 4.69) is 32.5 Å². The lowest BCUT2D eigenvalue weighted by Gasteiger charge is -2.27. The molecule has 0 unspecified atom stereocenters. The Kier molecular flexibility index (Phi) is 4.76. The summed E-state index contributed by atoms with van der Waals surface area (Å²) in [6, 6.07) is 8.36. The van der Waals surface area contributed by atoms with Crippen LogP contribution in [0.4, 0.5) is 5.82 Å². The Morgan fingerprint density at radius 2 is 2.07 bits per heavy atom. The van der Waals surface area contributed by atoms with Gasteiger partial charge in [-0.2, -0.15) is 5.10 Å². The van der Waals surface area contributed by atoms with Gasteiger partial charge in [0.25, 0.3) is 0 Å². The molecule has 3 aromatic heterocycles. The van der Waals surface area contributed by atoms with E-state index in [0.29, 0.717) is 19.6 Å². The van der Waals surface area contributed by atoms with Crippen LogP contribution in [0.25, 0.3) is 22.0 Å². The van der Waals surface area contributed by atoms with E-state index in [1.54, 1.807) is 18.0 Å². The molecular formula is C22H22N6O2. The molecule has 0 saturated carbocycles. The van der Waals surface area contributed by atoms with Crippen molar-refractivity contribution in [1.82, 2.24) is 24.7 Å². The van der Waals surface area contributed by atoms with Crippen LogP contribution in [0.1, 0.15) is 11.4 Å². The molecule has 1 fully saturated rings. The van der Waals surface area contributed by atoms with E-state index in [1.165, 1.54) is 0 Å². The molecule has 8 heteroatoms. The number of aromatic nitrogens is 5. The summed E-state index contributed by atoms with van der Waals surface area (Å²) in [4.78, 5) is 13.8. The molecule has 0 bridgehead atoms. The average Bonchev–Trinajstić information content (AvgIpc) is 3.17. The van der Waals surface area contributed by atoms with Gasteiger partial charge in [0.1, 0.15) is 17.1 Å². The number of hydrogen-bond acceptors (Lipinski definition) is 7. The molecule has 1 aliphatic rings. The zero-order valence-electron chi connectivity index (χ0n) is 16.9. The van der Waals surface area contributed by atoms with Gasteiger partial charge in [-0.15, -0.1) is 0 Å². The fourth-order valence-corrected chi connectivity index (χ4v) is 3.51. The zero-order chi connectivity index (χ0) is 20.5. The van der Waals surface area contributed by atoms with Gasteiger partial charge in [0.05, 0.1) is 32.6 Å². The van der Waals surface area contributed by atoms with Crippen LogP contribution in [0.3, 0.4) is 0 Å². The maximum absolute atomic E-state index is 5.65. The van der Waals surface area contributed by atoms with Crippen LogP contribution in [0.5, 0.6) is 5.75 Å². The molecule has 1 saturated heterocycles. The first kappa shape index (κ1) is 18.5. The van der Waals surface area contributed by atoms with Crippen molar-refractivity contribution in [3.63, 3.8) is 0 Å². The van der Waals surface area contributed by atoms with Crippen LogP contribution < -0.4 is 10.1 Å². The van der Waals surface area contributed by atoms with Crippen LogP contribution in [-0.4, -0.2) is 51.1 Å². The number of ether oxygens (including phenoxy) is 2. The molecule has 0 atom stereocenters. The monoisotopic (exact) mass is 402 g/mol. The molecule has 4 heterocycles. The van der Waals surface area contributed by atoms with Crippen molar-refractivity contribution in [2.45, 2.75) is 12.5 Å². The molecule has 8 nitrogen and oxygen atoms in total. The van der Waals surface area contributed by atoms with Crippen molar-refractivity contribution in [2.75, 3.05) is 25.6 Å². The molecule has 0 aliphatic carbocycles. The topological polar surface area (TPSA) is 87.0 Å². The summed E-state index contributed by atoms with van der Waals surface area (Å²) in [6.45, 7) is 1.38. The van der Waals surface area contributed by atoms with Crippen molar-refractivity contribution in [2.24, 2.45) is 7.05 Å². The number of hydrogen-bond donors (Lipinski definition) is 1. The Hall–Kier alpha value is -3.52. The Balaban J connectivity index is 1.45. The second-order valence-corrected chi connectivity index (χ2v) is 7.37. The van der Waals surface area contributed by atoms with Crippen molar-refractivity contribution in [3.05, 3.63) is 60.4 Å². The first-order valence-electron chi connectivity index (χ1n) is 9.80. The predicted molar refractivity (Wildman–Crippen MR) is 114 cm³/mol. The smallest absolute Gasteiger partial charge is 0.153 e. The zero-order valence-corrected chi connectivity index (χ0v) is 16.9. The Bertz CT molecular complexity index is 1200. The number of nitrogens with zero attached hydrogens (tertiary/aromatic N) is 5. The minimum absolute atomic E-state index is 0.279. The van der Waals surface area contributed by atoms with E-state index >= 15 is 0 Å². The molecule has 1 aromatic carbocycles. The summed E-state index contributed by atoms with van der Waals surface area (Å²) in [5.41, 5.74) is 3.95. The number of nitrogens with one attached hydrogen (secondary N) is 1. The first-order chi connectivity index (χ1) is 14.7. The molecule has 0 amide bonds. The lowest BCUT2D eigenvalue weighted by atomic mass is 10.0. The second kappa shape index (κ2) is 7.72. The van der Waals surface area contributed by atoms with E-state index in [4.69, 9.17) is 14.5 Å². The van der Waals surface area contributed by atoms with Crippen LogP contribution >= 0.6 is 0 Å². The van der Waals surface area contributed by atoms with Crippen LogP contribution in [-0.2, 0) is 18.2 Å². The lowest BCUT2D eigenvalue weighted by molar-refractivity contribution is 0.0210. The first-order valence-corrected chi connectivity index (χ1v) is 9.80. The molecule has 5 rings (SSSR count). The second-order valence-electron chi connectivity index (χ2n) is 7.37. The van der Waals surface area contributed by atoms with Gasteiger partial charge in [-0.25, -0.2) is 15.0 Å². The van der Waals surface area contributed by atoms with E-state index in [1.807, 2.05) is 37.8 Å². The number of aryl methyl sites for hydroxylation is 1. The van der Waals surface area contributed by atoms with E-state index < -0.39 is 0 Å². The van der Waals surface area contributed by atoms with Gasteiger partial charge in [-0.3, -0.25) is 4.68 Å². The predicted octanol–water partition coefficient (Wildman–Crippen LogP) is 2.84. The summed E-state index contributed by atoms with van der Waals surface area (Å²) >= 11 is 0. The third-order valence-corrected chi connectivity index (χ3v) is 5.20. The van der Waals surface area contributed by atoms with Crippen LogP contribution in [0.15, 0.2) is 49.1 Å². The quantitative estimate of drug-likeness (QED) is 0.531. The highest BCUT2D eigenvalue weighted by Gasteiger charge is 2.20. The largest absolute Gasteiger partial charge is 0.496 e. The van der Waals surface area contributed by atoms with Crippen molar-refractivity contribution >= 4 is 16.7 Å². The molecule has 0 radical (unpaired) electrons. The number of methoxy groups -OCH3 is 1. The van der Waals surface area contributed by atoms with Crippen molar-refractivity contribution in [1.29, 1.82) is 0 Å². The number of anilines is 1. The highest BCUT2D eigenvalue weighted by molar-refractivity contribution is 5.87. The third-order valence-electron chi connectivity index (χ3n) is 5.20. The number of fused-ring (bicyclic) bond motifs is 1. The molecule has 4 aromatic rings. The normalized spacial score (nSPS) is 13.9. The third kappa shape index (κ3) is 3.57. The van der Waals surface area contributed by atoms with Crippen molar-refractivity contribution in [3.8, 4) is 16.9 Å². The molecule has 0 spiro atoms. The number of rotatable bonds is 6. The van der Waals surface area contributed by atoms with Gasteiger partial charge in [-0.1, -0.05) is 12.1 Å². The maximum Gasteiger partial charge on any atom is 0.153 e. The van der Waals surface area contributed by atoms with Crippen LogP contribution in [0.2, 0.25) is 0 Å². The van der Waals surface area contributed by atoms with Gasteiger partial charge < -0.3 is 14.8 Å². The fourth-order valence-electron chi connectivity index (χ4n) is 3.51. The molecule has 152 valence electrons. The molecule has 1 N–H and O–H groups in total. The highest BCUT2D eigenvalue weighted by atomic mass is 16.5. The van der Waals surface area contributed by atoms with E-state index in [-0.39, 0.29) is 6.04 Å². The summed E-state index contributed by atoms with van der Waals surface area (Å²) in [5, 5.41) is 8.60. The van der Waals surface area contributed by atoms with Crippen molar-refractivity contribution < 1.29 is 9.47 Å². The fraction of sp³-hybridized carbons (Fsp3) is 0.273. The molecule has 30 heavy (non-hydrogen) atoms. The minimum Gasteiger partial charge on any atom is -0.496 e. The Labute approximate surface area is 173 Å². The minimum atomic E-state index is 0.279. The molecule has 1 aliphatic heterocycles. The number of pyridine rings is 1.